The molecule has 9 aromatic carbocycles. The lowest BCUT2D eigenvalue weighted by molar-refractivity contribution is -0.404. The van der Waals surface area contributed by atoms with Crippen LogP contribution in [0.1, 0.15) is 57.0 Å². The zero-order chi connectivity index (χ0) is 70.5. The zero-order valence-corrected chi connectivity index (χ0v) is 58.1. The highest BCUT2D eigenvalue weighted by molar-refractivity contribution is 5.66. The Labute approximate surface area is 604 Å². The lowest BCUT2D eigenvalue weighted by Crippen LogP contribution is -2.68. The summed E-state index contributed by atoms with van der Waals surface area (Å²) in [5, 5.41) is 0. The second-order valence-corrected chi connectivity index (χ2v) is 25.6. The van der Waals surface area contributed by atoms with E-state index >= 15 is 0 Å². The van der Waals surface area contributed by atoms with E-state index in [-0.39, 0.29) is 85.9 Å². The molecule has 3 heterocycles. The minimum atomic E-state index is -1.50. The van der Waals surface area contributed by atoms with Gasteiger partial charge in [0.05, 0.1) is 85.9 Å². The van der Waals surface area contributed by atoms with Crippen LogP contribution < -0.4 is 0 Å². The number of ether oxygens (including phenoxy) is 16. The maximum atomic E-state index is 14.1. The molecular weight excluding hydrogens is 1300 g/mol. The van der Waals surface area contributed by atoms with Crippen LogP contribution in [0.2, 0.25) is 0 Å². The van der Waals surface area contributed by atoms with Crippen LogP contribution in [0, 0.1) is 0 Å². The van der Waals surface area contributed by atoms with Gasteiger partial charge in [-0.2, -0.15) is 0 Å². The zero-order valence-electron chi connectivity index (χ0n) is 58.1. The molecule has 0 aliphatic carbocycles. The van der Waals surface area contributed by atoms with E-state index in [9.17, 15) is 4.79 Å². The van der Waals surface area contributed by atoms with Gasteiger partial charge in [0.2, 0.25) is 0 Å². The van der Waals surface area contributed by atoms with Crippen molar-refractivity contribution in [3.8, 4) is 0 Å². The largest absolute Gasteiger partial charge is 0.454 e. The first-order chi connectivity index (χ1) is 50.9. The summed E-state index contributed by atoms with van der Waals surface area (Å²) < 4.78 is 114. The first kappa shape index (κ1) is 74.3. The van der Waals surface area contributed by atoms with Crippen molar-refractivity contribution >= 4 is 5.97 Å². The molecule has 3 aliphatic rings. The Morgan fingerprint density at radius 2 is 0.515 bits per heavy atom. The summed E-state index contributed by atoms with van der Waals surface area (Å²) in [5.41, 5.74) is 8.15. The molecule has 3 saturated heterocycles. The number of esters is 1. The summed E-state index contributed by atoms with van der Waals surface area (Å²) in [6.07, 6.45) is -15.2. The first-order valence-electron chi connectivity index (χ1n) is 35.3. The topological polar surface area (TPSA) is 165 Å². The molecule has 0 spiro atoms. The maximum Gasteiger partial charge on any atom is 0.303 e. The molecule has 538 valence electrons. The van der Waals surface area contributed by atoms with Gasteiger partial charge in [-0.25, -0.2) is 0 Å². The third-order valence-corrected chi connectivity index (χ3v) is 17.9. The minimum absolute atomic E-state index is 0.0199. The van der Waals surface area contributed by atoms with E-state index in [1.807, 2.05) is 273 Å². The molecule has 3 fully saturated rings. The van der Waals surface area contributed by atoms with E-state index in [0.29, 0.717) is 0 Å². The molecule has 15 atom stereocenters. The van der Waals surface area contributed by atoms with Crippen molar-refractivity contribution in [2.24, 2.45) is 0 Å². The van der Waals surface area contributed by atoms with Crippen LogP contribution in [0.4, 0.5) is 0 Å². The Bertz CT molecular complexity index is 3820. The lowest BCUT2D eigenvalue weighted by atomic mass is 9.95. The quantitative estimate of drug-likeness (QED) is 0.0265. The smallest absolute Gasteiger partial charge is 0.303 e. The average molecular weight is 1400 g/mol. The second-order valence-electron chi connectivity index (χ2n) is 25.6. The summed E-state index contributed by atoms with van der Waals surface area (Å²) in [6, 6.07) is 88.8. The SMILES string of the molecule is C=CCO[C@@H]1O[C@H](COCc2ccccc2)[C@@H](OCc2ccccc2)[C@H](OCc2ccccc2)[C@@H]1O[C@@H]1O[C@H](COCc2ccccc2)[C@@H](OCc2ccccc2)[C@H](OCc2ccccc2)[C@@H]1O[C@@H]1O[C@H](COCc2ccccc2)[C@@H](OCc2ccccc2)[C@H](OCc2ccccc2)[C@H]1OC(C)=O. The number of hydrogen-bond donors (Lipinski definition) is 0. The Morgan fingerprint density at radius 1 is 0.291 bits per heavy atom. The van der Waals surface area contributed by atoms with Gasteiger partial charge in [-0.3, -0.25) is 4.79 Å². The fourth-order valence-electron chi connectivity index (χ4n) is 12.8. The Morgan fingerprint density at radius 3 is 0.777 bits per heavy atom. The molecule has 12 rings (SSSR count). The molecule has 9 aromatic rings. The standard InChI is InChI=1S/C86H92O17/c1-3-49-91-84-81(78(95-56-69-43-25-10-26-44-69)75(92-53-66-37-19-7-20-38-66)72(99-84)59-88-50-63-31-13-4-14-32-63)102-86-83(80(97-58-71-47-29-12-30-48-71)77(94-55-68-41-23-9-24-42-68)74(101-86)61-90-52-65-35-17-6-18-36-65)103-85-82(98-62(2)87)79(96-57-70-45-27-11-28-46-70)76(93-54-67-39-21-8-22-40-67)73(100-85)60-89-51-64-33-15-5-16-34-64/h3-48,72-86H,1,49-61H2,2H3/t72-,73-,74-,75-,76-,77-,78+,79+,80+,81+,82-,83+,84-,85+,86+/m1/s1. The van der Waals surface area contributed by atoms with Gasteiger partial charge in [0.15, 0.2) is 25.0 Å². The molecule has 17 nitrogen and oxygen atoms in total. The molecule has 0 unspecified atom stereocenters. The van der Waals surface area contributed by atoms with Crippen LogP contribution in [0.15, 0.2) is 286 Å². The van der Waals surface area contributed by atoms with E-state index in [4.69, 9.17) is 75.8 Å². The molecule has 0 saturated carbocycles. The van der Waals surface area contributed by atoms with Crippen molar-refractivity contribution in [3.05, 3.63) is 336 Å². The van der Waals surface area contributed by atoms with Gasteiger partial charge in [-0.1, -0.05) is 279 Å². The molecule has 0 aromatic heterocycles. The second kappa shape index (κ2) is 40.0. The van der Waals surface area contributed by atoms with Crippen LogP contribution in [0.25, 0.3) is 0 Å². The molecule has 17 heteroatoms. The van der Waals surface area contributed by atoms with Crippen molar-refractivity contribution in [2.45, 2.75) is 159 Å². The summed E-state index contributed by atoms with van der Waals surface area (Å²) in [6.45, 7) is 6.93. The normalized spacial score (nSPS) is 24.8. The summed E-state index contributed by atoms with van der Waals surface area (Å²) in [5.74, 6) is -0.635. The van der Waals surface area contributed by atoms with Crippen molar-refractivity contribution < 1.29 is 80.6 Å². The van der Waals surface area contributed by atoms with Crippen LogP contribution in [-0.2, 0) is 140 Å². The van der Waals surface area contributed by atoms with Gasteiger partial charge in [-0.05, 0) is 50.1 Å². The van der Waals surface area contributed by atoms with Gasteiger partial charge >= 0.3 is 5.97 Å². The number of carbonyl (C=O) groups is 1. The lowest BCUT2D eigenvalue weighted by Gasteiger charge is -2.52. The first-order valence-corrected chi connectivity index (χ1v) is 35.3. The van der Waals surface area contributed by atoms with Crippen LogP contribution in [0.3, 0.4) is 0 Å². The van der Waals surface area contributed by atoms with Crippen molar-refractivity contribution in [3.63, 3.8) is 0 Å². The highest BCUT2D eigenvalue weighted by atomic mass is 16.8. The van der Waals surface area contributed by atoms with Crippen LogP contribution in [0.5, 0.6) is 0 Å². The molecule has 0 bridgehead atoms. The predicted molar refractivity (Wildman–Crippen MR) is 386 cm³/mol. The average Bonchev–Trinajstić information content (AvgIpc) is 0.761. The van der Waals surface area contributed by atoms with Gasteiger partial charge in [0.1, 0.15) is 67.1 Å². The fraction of sp³-hybridized carbons (Fsp3) is 0.337. The van der Waals surface area contributed by atoms with Gasteiger partial charge in [0, 0.05) is 6.92 Å². The molecule has 0 amide bonds. The predicted octanol–water partition coefficient (Wildman–Crippen LogP) is 14.2. The van der Waals surface area contributed by atoms with Crippen LogP contribution >= 0.6 is 0 Å². The third kappa shape index (κ3) is 22.3. The van der Waals surface area contributed by atoms with Crippen molar-refractivity contribution in [1.29, 1.82) is 0 Å². The molecular formula is C86H92O17. The van der Waals surface area contributed by atoms with Crippen LogP contribution in [-0.4, -0.2) is 125 Å². The van der Waals surface area contributed by atoms with Gasteiger partial charge < -0.3 is 75.8 Å². The highest BCUT2D eigenvalue weighted by Crippen LogP contribution is 2.40. The Hall–Kier alpha value is -8.41. The van der Waals surface area contributed by atoms with Crippen molar-refractivity contribution in [2.75, 3.05) is 26.4 Å². The van der Waals surface area contributed by atoms with E-state index in [0.717, 1.165) is 50.1 Å². The monoisotopic (exact) mass is 1400 g/mol. The minimum Gasteiger partial charge on any atom is -0.454 e. The molecule has 3 aliphatic heterocycles. The highest BCUT2D eigenvalue weighted by Gasteiger charge is 2.58. The Kier molecular flexibility index (Phi) is 28.9. The van der Waals surface area contributed by atoms with Gasteiger partial charge in [0.25, 0.3) is 0 Å². The number of hydrogen-bond acceptors (Lipinski definition) is 17. The number of benzene rings is 9. The number of rotatable bonds is 38. The van der Waals surface area contributed by atoms with Gasteiger partial charge in [-0.15, -0.1) is 6.58 Å². The fourth-order valence-corrected chi connectivity index (χ4v) is 12.8. The Balaban J connectivity index is 0.997. The summed E-state index contributed by atoms with van der Waals surface area (Å²) in [4.78, 5) is 14.1. The molecule has 0 N–H and O–H groups in total. The summed E-state index contributed by atoms with van der Waals surface area (Å²) >= 11 is 0. The maximum absolute atomic E-state index is 14.1. The van der Waals surface area contributed by atoms with E-state index in [1.54, 1.807) is 6.08 Å². The molecule has 103 heavy (non-hydrogen) atoms. The van der Waals surface area contributed by atoms with Crippen molar-refractivity contribution in [1.82, 2.24) is 0 Å². The number of carbonyl (C=O) groups excluding carboxylic acids is 1. The van der Waals surface area contributed by atoms with E-state index in [1.165, 1.54) is 6.92 Å². The third-order valence-electron chi connectivity index (χ3n) is 17.9. The van der Waals surface area contributed by atoms with E-state index < -0.39 is 98.1 Å². The van der Waals surface area contributed by atoms with E-state index in [2.05, 4.69) is 6.58 Å². The molecule has 0 radical (unpaired) electrons. The summed E-state index contributed by atoms with van der Waals surface area (Å²) in [7, 11) is 0.